The summed E-state index contributed by atoms with van der Waals surface area (Å²) in [5, 5.41) is 1.11. The molecule has 1 aliphatic rings. The molecule has 0 atom stereocenters. The van der Waals surface area contributed by atoms with Crippen LogP contribution in [0.15, 0.2) is 48.5 Å². The highest BCUT2D eigenvalue weighted by Crippen LogP contribution is 2.31. The maximum absolute atomic E-state index is 12.7. The molecule has 1 aliphatic heterocycles. The van der Waals surface area contributed by atoms with E-state index in [4.69, 9.17) is 0 Å². The van der Waals surface area contributed by atoms with Gasteiger partial charge in [0.25, 0.3) is 5.91 Å². The minimum atomic E-state index is 0.158. The first-order valence-electron chi connectivity index (χ1n) is 8.56. The lowest BCUT2D eigenvalue weighted by Gasteiger charge is -2.24. The number of fused-ring (bicyclic) bond motifs is 3. The van der Waals surface area contributed by atoms with Gasteiger partial charge in [0.05, 0.1) is 5.56 Å². The van der Waals surface area contributed by atoms with Gasteiger partial charge in [0.2, 0.25) is 0 Å². The van der Waals surface area contributed by atoms with E-state index in [1.54, 1.807) is 0 Å². The standard InChI is InChI=1S/C21H22N2O/c1-15-8-9-18-17(14-15)20-19(11-12-22(2)21(20)24)23(18)13-10-16-6-4-3-5-7-16/h3-9,14H,10-13H2,1-2H3. The first kappa shape index (κ1) is 15.0. The summed E-state index contributed by atoms with van der Waals surface area (Å²) in [6.45, 7) is 3.80. The largest absolute Gasteiger partial charge is 0.343 e. The monoisotopic (exact) mass is 318 g/mol. The summed E-state index contributed by atoms with van der Waals surface area (Å²) in [7, 11) is 1.90. The van der Waals surface area contributed by atoms with Crippen molar-refractivity contribution in [3.63, 3.8) is 0 Å². The van der Waals surface area contributed by atoms with Crippen molar-refractivity contribution < 1.29 is 4.79 Å². The van der Waals surface area contributed by atoms with Crippen LogP contribution in [0.4, 0.5) is 0 Å². The lowest BCUT2D eigenvalue weighted by Crippen LogP contribution is -2.34. The Bertz CT molecular complexity index is 908. The van der Waals surface area contributed by atoms with Crippen molar-refractivity contribution in [2.75, 3.05) is 13.6 Å². The summed E-state index contributed by atoms with van der Waals surface area (Å²) < 4.78 is 2.36. The van der Waals surface area contributed by atoms with Crippen LogP contribution in [0.25, 0.3) is 10.9 Å². The number of likely N-dealkylation sites (N-methyl/N-ethyl adjacent to an activating group) is 1. The van der Waals surface area contributed by atoms with Crippen molar-refractivity contribution in [3.05, 3.63) is 70.9 Å². The van der Waals surface area contributed by atoms with Gasteiger partial charge in [-0.25, -0.2) is 0 Å². The number of amides is 1. The molecular formula is C21H22N2O. The molecule has 0 bridgehead atoms. The van der Waals surface area contributed by atoms with Crippen molar-refractivity contribution >= 4 is 16.8 Å². The number of aromatic nitrogens is 1. The number of benzene rings is 2. The Hall–Kier alpha value is -2.55. The first-order chi connectivity index (χ1) is 11.6. The Morgan fingerprint density at radius 1 is 1.08 bits per heavy atom. The quantitative estimate of drug-likeness (QED) is 0.721. The van der Waals surface area contributed by atoms with Crippen LogP contribution in [0.3, 0.4) is 0 Å². The molecular weight excluding hydrogens is 296 g/mol. The van der Waals surface area contributed by atoms with Gasteiger partial charge in [0.15, 0.2) is 0 Å². The number of carbonyl (C=O) groups excluding carboxylic acids is 1. The van der Waals surface area contributed by atoms with Crippen LogP contribution in [0, 0.1) is 6.92 Å². The van der Waals surface area contributed by atoms with Crippen LogP contribution < -0.4 is 0 Å². The molecule has 2 heterocycles. The zero-order valence-electron chi connectivity index (χ0n) is 14.2. The van der Waals surface area contributed by atoms with Gasteiger partial charge in [-0.1, -0.05) is 42.0 Å². The molecule has 0 saturated carbocycles. The Labute approximate surface area is 142 Å². The van der Waals surface area contributed by atoms with Crippen LogP contribution in [0.1, 0.15) is 27.2 Å². The normalized spacial score (nSPS) is 14.2. The molecule has 24 heavy (non-hydrogen) atoms. The lowest BCUT2D eigenvalue weighted by atomic mass is 10.0. The fourth-order valence-electron chi connectivity index (χ4n) is 3.73. The smallest absolute Gasteiger partial charge is 0.256 e. The summed E-state index contributed by atoms with van der Waals surface area (Å²) in [6.07, 6.45) is 1.91. The van der Waals surface area contributed by atoms with Crippen LogP contribution >= 0.6 is 0 Å². The van der Waals surface area contributed by atoms with Crippen molar-refractivity contribution in [2.24, 2.45) is 0 Å². The van der Waals surface area contributed by atoms with Crippen molar-refractivity contribution in [1.29, 1.82) is 0 Å². The number of aryl methyl sites for hydroxylation is 3. The van der Waals surface area contributed by atoms with E-state index in [1.165, 1.54) is 22.3 Å². The maximum Gasteiger partial charge on any atom is 0.256 e. The predicted molar refractivity (Wildman–Crippen MR) is 97.5 cm³/mol. The van der Waals surface area contributed by atoms with Crippen molar-refractivity contribution in [3.8, 4) is 0 Å². The minimum Gasteiger partial charge on any atom is -0.343 e. The second-order valence-electron chi connectivity index (χ2n) is 6.71. The van der Waals surface area contributed by atoms with E-state index in [-0.39, 0.29) is 5.91 Å². The predicted octanol–water partition coefficient (Wildman–Crippen LogP) is 3.82. The molecule has 1 amide bonds. The molecule has 3 heteroatoms. The Balaban J connectivity index is 1.82. The molecule has 0 fully saturated rings. The summed E-state index contributed by atoms with van der Waals surface area (Å²) in [5.41, 5.74) is 5.83. The molecule has 0 unspecified atom stereocenters. The van der Waals surface area contributed by atoms with Crippen LogP contribution in [0.2, 0.25) is 0 Å². The van der Waals surface area contributed by atoms with Crippen LogP contribution in [0.5, 0.6) is 0 Å². The summed E-state index contributed by atoms with van der Waals surface area (Å²) in [4.78, 5) is 14.6. The van der Waals surface area contributed by atoms with E-state index < -0.39 is 0 Å². The van der Waals surface area contributed by atoms with Gasteiger partial charge in [0, 0.05) is 43.2 Å². The van der Waals surface area contributed by atoms with Crippen LogP contribution in [-0.2, 0) is 19.4 Å². The first-order valence-corrected chi connectivity index (χ1v) is 8.56. The van der Waals surface area contributed by atoms with Gasteiger partial charge in [-0.05, 0) is 31.0 Å². The Kier molecular flexibility index (Phi) is 3.64. The molecule has 3 nitrogen and oxygen atoms in total. The third-order valence-corrected chi connectivity index (χ3v) is 5.04. The zero-order chi connectivity index (χ0) is 16.7. The van der Waals surface area contributed by atoms with Crippen molar-refractivity contribution in [2.45, 2.75) is 26.3 Å². The van der Waals surface area contributed by atoms with E-state index in [0.29, 0.717) is 0 Å². The molecule has 4 rings (SSSR count). The molecule has 0 radical (unpaired) electrons. The molecule has 0 saturated heterocycles. The van der Waals surface area contributed by atoms with Gasteiger partial charge >= 0.3 is 0 Å². The molecule has 122 valence electrons. The summed E-state index contributed by atoms with van der Waals surface area (Å²) >= 11 is 0. The highest BCUT2D eigenvalue weighted by molar-refractivity contribution is 6.09. The number of hydrogen-bond donors (Lipinski definition) is 0. The summed E-state index contributed by atoms with van der Waals surface area (Å²) in [6, 6.07) is 17.0. The van der Waals surface area contributed by atoms with Gasteiger partial charge < -0.3 is 9.47 Å². The highest BCUT2D eigenvalue weighted by Gasteiger charge is 2.28. The molecule has 2 aromatic carbocycles. The molecule has 3 aromatic rings. The number of rotatable bonds is 3. The molecule has 0 aliphatic carbocycles. The van der Waals surface area contributed by atoms with Gasteiger partial charge in [-0.2, -0.15) is 0 Å². The van der Waals surface area contributed by atoms with Crippen LogP contribution in [-0.4, -0.2) is 29.0 Å². The fraction of sp³-hybridized carbons (Fsp3) is 0.286. The average molecular weight is 318 g/mol. The topological polar surface area (TPSA) is 25.2 Å². The third kappa shape index (κ3) is 2.41. The van der Waals surface area contributed by atoms with E-state index in [0.717, 1.165) is 36.9 Å². The van der Waals surface area contributed by atoms with E-state index in [9.17, 15) is 4.79 Å². The van der Waals surface area contributed by atoms with E-state index in [1.807, 2.05) is 18.0 Å². The molecule has 0 N–H and O–H groups in total. The molecule has 1 aromatic heterocycles. The third-order valence-electron chi connectivity index (χ3n) is 5.04. The fourth-order valence-corrected chi connectivity index (χ4v) is 3.73. The number of hydrogen-bond acceptors (Lipinski definition) is 1. The van der Waals surface area contributed by atoms with E-state index >= 15 is 0 Å². The van der Waals surface area contributed by atoms with Gasteiger partial charge in [0.1, 0.15) is 0 Å². The second-order valence-corrected chi connectivity index (χ2v) is 6.71. The van der Waals surface area contributed by atoms with Crippen molar-refractivity contribution in [1.82, 2.24) is 9.47 Å². The molecule has 0 spiro atoms. The highest BCUT2D eigenvalue weighted by atomic mass is 16.2. The van der Waals surface area contributed by atoms with Gasteiger partial charge in [-0.3, -0.25) is 4.79 Å². The Morgan fingerprint density at radius 2 is 1.88 bits per heavy atom. The van der Waals surface area contributed by atoms with E-state index in [2.05, 4.69) is 54.0 Å². The Morgan fingerprint density at radius 3 is 2.67 bits per heavy atom. The maximum atomic E-state index is 12.7. The number of carbonyl (C=O) groups is 1. The number of nitrogens with zero attached hydrogens (tertiary/aromatic N) is 2. The average Bonchev–Trinajstić information content (AvgIpc) is 2.90. The van der Waals surface area contributed by atoms with Gasteiger partial charge in [-0.15, -0.1) is 0 Å². The minimum absolute atomic E-state index is 0.158. The SMILES string of the molecule is Cc1ccc2c(c1)c1c(n2CCc2ccccc2)CCN(C)C1=O. The second kappa shape index (κ2) is 5.82. The summed E-state index contributed by atoms with van der Waals surface area (Å²) in [5.74, 6) is 0.158. The zero-order valence-corrected chi connectivity index (χ0v) is 14.2. The lowest BCUT2D eigenvalue weighted by molar-refractivity contribution is 0.0781.